The molecular formula is C11H21N3O4S. The number of methoxy groups -OCH3 is 1. The molecule has 8 heteroatoms. The third-order valence-corrected chi connectivity index (χ3v) is 4.36. The summed E-state index contributed by atoms with van der Waals surface area (Å²) in [6.07, 6.45) is -2.27. The molecule has 0 spiro atoms. The van der Waals surface area contributed by atoms with Gasteiger partial charge in [-0.05, 0) is 0 Å². The van der Waals surface area contributed by atoms with Crippen molar-refractivity contribution < 1.29 is 19.7 Å². The Hall–Kier alpha value is -0.380. The summed E-state index contributed by atoms with van der Waals surface area (Å²) in [4.78, 5) is 4.30. The van der Waals surface area contributed by atoms with Crippen LogP contribution in [0.4, 0.5) is 0 Å². The summed E-state index contributed by atoms with van der Waals surface area (Å²) in [6.45, 7) is 1.75. The van der Waals surface area contributed by atoms with Crippen molar-refractivity contribution in [1.29, 1.82) is 0 Å². The molecular weight excluding hydrogens is 270 g/mol. The van der Waals surface area contributed by atoms with Gasteiger partial charge in [-0.2, -0.15) is 0 Å². The van der Waals surface area contributed by atoms with E-state index in [4.69, 9.17) is 9.47 Å². The van der Waals surface area contributed by atoms with Crippen LogP contribution in [-0.4, -0.2) is 79.0 Å². The van der Waals surface area contributed by atoms with Crippen molar-refractivity contribution in [1.82, 2.24) is 10.6 Å². The smallest absolute Gasteiger partial charge is 0.159 e. The van der Waals surface area contributed by atoms with Crippen LogP contribution in [0.5, 0.6) is 0 Å². The number of nitrogens with zero attached hydrogens (tertiary/aromatic N) is 1. The Balaban J connectivity index is 1.88. The maximum Gasteiger partial charge on any atom is 0.159 e. The highest BCUT2D eigenvalue weighted by molar-refractivity contribution is 8.14. The van der Waals surface area contributed by atoms with E-state index in [1.165, 1.54) is 11.8 Å². The number of ether oxygens (including phenoxy) is 2. The van der Waals surface area contributed by atoms with Gasteiger partial charge in [-0.15, -0.1) is 0 Å². The van der Waals surface area contributed by atoms with Gasteiger partial charge < -0.3 is 30.3 Å². The van der Waals surface area contributed by atoms with Crippen LogP contribution >= 0.6 is 11.8 Å². The molecule has 4 N–H and O–H groups in total. The van der Waals surface area contributed by atoms with Crippen molar-refractivity contribution in [3.63, 3.8) is 0 Å². The fraction of sp³-hybridized carbons (Fsp3) is 0.909. The van der Waals surface area contributed by atoms with Crippen LogP contribution in [-0.2, 0) is 9.47 Å². The standard InChI is InChI=1S/C11H21N3O4S/c1-12-11-14-7-9(16)8(15)6(18-10(7)19-11)5-13-3-4-17-2/h6-10,13,15-16H,3-5H2,1-2H3,(H,12,14)/t6-,7-,8-,9-,10-/m1/s1. The quantitative estimate of drug-likeness (QED) is 0.451. The summed E-state index contributed by atoms with van der Waals surface area (Å²) in [6, 6.07) is -0.405. The van der Waals surface area contributed by atoms with E-state index in [9.17, 15) is 10.2 Å². The molecule has 2 aliphatic rings. The Kier molecular flexibility index (Phi) is 5.43. The molecule has 0 aliphatic carbocycles. The van der Waals surface area contributed by atoms with Crippen molar-refractivity contribution in [3.8, 4) is 0 Å². The van der Waals surface area contributed by atoms with E-state index >= 15 is 0 Å². The lowest BCUT2D eigenvalue weighted by Crippen LogP contribution is -2.57. The fourth-order valence-corrected chi connectivity index (χ4v) is 3.22. The fourth-order valence-electron chi connectivity index (χ4n) is 2.14. The minimum absolute atomic E-state index is 0.241. The van der Waals surface area contributed by atoms with E-state index in [0.717, 1.165) is 5.17 Å². The van der Waals surface area contributed by atoms with Crippen molar-refractivity contribution in [2.24, 2.45) is 4.99 Å². The van der Waals surface area contributed by atoms with Crippen LogP contribution in [0.3, 0.4) is 0 Å². The maximum atomic E-state index is 10.1. The van der Waals surface area contributed by atoms with Gasteiger partial charge in [0.05, 0.1) is 6.61 Å². The minimum atomic E-state index is -0.933. The molecule has 0 unspecified atom stereocenters. The number of aliphatic imine (C=N–C) groups is 1. The first-order chi connectivity index (χ1) is 9.17. The van der Waals surface area contributed by atoms with E-state index in [1.807, 2.05) is 0 Å². The molecule has 0 saturated carbocycles. The number of thioether (sulfide) groups is 1. The predicted octanol–water partition coefficient (Wildman–Crippen LogP) is -1.64. The monoisotopic (exact) mass is 291 g/mol. The van der Waals surface area contributed by atoms with Crippen molar-refractivity contribution in [3.05, 3.63) is 0 Å². The number of hydrogen-bond acceptors (Lipinski definition) is 8. The van der Waals surface area contributed by atoms with Crippen molar-refractivity contribution in [2.45, 2.75) is 29.8 Å². The van der Waals surface area contributed by atoms with E-state index in [0.29, 0.717) is 19.7 Å². The Morgan fingerprint density at radius 2 is 2.21 bits per heavy atom. The van der Waals surface area contributed by atoms with Gasteiger partial charge in [0.15, 0.2) is 5.17 Å². The highest BCUT2D eigenvalue weighted by Gasteiger charge is 2.47. The summed E-state index contributed by atoms with van der Waals surface area (Å²) < 4.78 is 10.7. The van der Waals surface area contributed by atoms with Gasteiger partial charge in [0.2, 0.25) is 0 Å². The zero-order valence-electron chi connectivity index (χ0n) is 11.1. The van der Waals surface area contributed by atoms with Crippen LogP contribution in [0, 0.1) is 0 Å². The Labute approximate surface area is 116 Å². The van der Waals surface area contributed by atoms with Crippen LogP contribution < -0.4 is 10.6 Å². The van der Waals surface area contributed by atoms with E-state index in [-0.39, 0.29) is 5.44 Å². The molecule has 0 aromatic carbocycles. The lowest BCUT2D eigenvalue weighted by Gasteiger charge is -2.38. The second-order valence-electron chi connectivity index (χ2n) is 4.51. The number of hydrogen-bond donors (Lipinski definition) is 4. The van der Waals surface area contributed by atoms with Gasteiger partial charge in [-0.1, -0.05) is 11.8 Å². The van der Waals surface area contributed by atoms with Gasteiger partial charge in [0.1, 0.15) is 29.8 Å². The van der Waals surface area contributed by atoms with Crippen LogP contribution in [0.1, 0.15) is 0 Å². The molecule has 0 radical (unpaired) electrons. The van der Waals surface area contributed by atoms with E-state index < -0.39 is 24.4 Å². The molecule has 1 saturated heterocycles. The third-order valence-electron chi connectivity index (χ3n) is 3.20. The maximum absolute atomic E-state index is 10.1. The lowest BCUT2D eigenvalue weighted by atomic mass is 9.98. The first-order valence-corrected chi connectivity index (χ1v) is 7.18. The average molecular weight is 291 g/mol. The van der Waals surface area contributed by atoms with E-state index in [2.05, 4.69) is 15.6 Å². The van der Waals surface area contributed by atoms with E-state index in [1.54, 1.807) is 14.2 Å². The number of nitrogens with one attached hydrogen (secondary N) is 2. The molecule has 19 heavy (non-hydrogen) atoms. The number of aliphatic hydroxyl groups excluding tert-OH is 2. The zero-order valence-corrected chi connectivity index (χ0v) is 11.9. The number of amidine groups is 1. The van der Waals surface area contributed by atoms with Gasteiger partial charge in [-0.3, -0.25) is 4.99 Å². The summed E-state index contributed by atoms with van der Waals surface area (Å²) in [5.41, 5.74) is -0.241. The summed E-state index contributed by atoms with van der Waals surface area (Å²) in [5.74, 6) is 0. The van der Waals surface area contributed by atoms with Crippen molar-refractivity contribution >= 4 is 16.9 Å². The molecule has 0 amide bonds. The van der Waals surface area contributed by atoms with Crippen LogP contribution in [0.25, 0.3) is 0 Å². The van der Waals surface area contributed by atoms with Crippen molar-refractivity contribution in [2.75, 3.05) is 33.9 Å². The summed E-state index contributed by atoms with van der Waals surface area (Å²) >= 11 is 1.44. The zero-order chi connectivity index (χ0) is 13.8. The second kappa shape index (κ2) is 6.87. The Morgan fingerprint density at radius 1 is 1.42 bits per heavy atom. The molecule has 110 valence electrons. The lowest BCUT2D eigenvalue weighted by molar-refractivity contribution is -0.150. The summed E-state index contributed by atoms with van der Waals surface area (Å²) in [5, 5.41) is 27.0. The number of fused-ring (bicyclic) bond motifs is 1. The molecule has 0 aromatic heterocycles. The van der Waals surface area contributed by atoms with Crippen LogP contribution in [0.2, 0.25) is 0 Å². The second-order valence-corrected chi connectivity index (χ2v) is 5.60. The van der Waals surface area contributed by atoms with Crippen LogP contribution in [0.15, 0.2) is 4.99 Å². The molecule has 2 aliphatic heterocycles. The first-order valence-electron chi connectivity index (χ1n) is 6.31. The Morgan fingerprint density at radius 3 is 2.89 bits per heavy atom. The predicted molar refractivity (Wildman–Crippen MR) is 73.3 cm³/mol. The molecule has 0 bridgehead atoms. The molecule has 5 atom stereocenters. The largest absolute Gasteiger partial charge is 0.388 e. The average Bonchev–Trinajstić information content (AvgIpc) is 2.83. The minimum Gasteiger partial charge on any atom is -0.388 e. The third kappa shape index (κ3) is 3.39. The van der Waals surface area contributed by atoms with Gasteiger partial charge in [0.25, 0.3) is 0 Å². The molecule has 0 aromatic rings. The number of aliphatic hydroxyl groups is 2. The summed E-state index contributed by atoms with van der Waals surface area (Å²) in [7, 11) is 3.41. The Bertz CT molecular complexity index is 331. The normalized spacial score (nSPS) is 37.9. The number of rotatable bonds is 5. The molecule has 2 heterocycles. The molecule has 2 rings (SSSR count). The SMILES string of the molecule is CNC1=N[C@@H]2[C@@H](O)[C@H](O)[C@@H](CNCCOC)O[C@@H]2S1. The highest BCUT2D eigenvalue weighted by atomic mass is 32.2. The van der Waals surface area contributed by atoms with Gasteiger partial charge >= 0.3 is 0 Å². The van der Waals surface area contributed by atoms with Gasteiger partial charge in [-0.25, -0.2) is 0 Å². The highest BCUT2D eigenvalue weighted by Crippen LogP contribution is 2.35. The molecule has 7 nitrogen and oxygen atoms in total. The molecule has 1 fully saturated rings. The topological polar surface area (TPSA) is 95.3 Å². The first kappa shape index (κ1) is 15.0. The van der Waals surface area contributed by atoms with Gasteiger partial charge in [0, 0.05) is 27.2 Å².